The number of allylic oxidation sites excluding steroid dienone is 4. The lowest BCUT2D eigenvalue weighted by molar-refractivity contribution is 0.469. The highest BCUT2D eigenvalue weighted by Gasteiger charge is 2.57. The number of aromatic amines is 2. The van der Waals surface area contributed by atoms with Crippen LogP contribution in [0.3, 0.4) is 0 Å². The zero-order valence-corrected chi connectivity index (χ0v) is 30.6. The van der Waals surface area contributed by atoms with Crippen molar-refractivity contribution in [1.29, 1.82) is 0 Å². The predicted molar refractivity (Wildman–Crippen MR) is 223 cm³/mol. The molecule has 1 aliphatic rings. The van der Waals surface area contributed by atoms with Gasteiger partial charge in [-0.1, -0.05) is 60.7 Å². The molecular weight excluding hydrogens is 711 g/mol. The van der Waals surface area contributed by atoms with Gasteiger partial charge < -0.3 is 14.4 Å². The molecule has 2 atom stereocenters. The molecule has 7 aromatic heterocycles. The molecule has 56 heavy (non-hydrogen) atoms. The molecule has 2 N–H and O–H groups in total. The van der Waals surface area contributed by atoms with Crippen molar-refractivity contribution in [3.8, 4) is 0 Å². The van der Waals surface area contributed by atoms with Crippen LogP contribution in [-0.2, 0) is 5.41 Å². The third-order valence-electron chi connectivity index (χ3n) is 10.8. The monoisotopic (exact) mass is 741 g/mol. The Kier molecular flexibility index (Phi) is 7.46. The first-order valence-electron chi connectivity index (χ1n) is 18.4. The van der Waals surface area contributed by atoms with Gasteiger partial charge in [-0.3, -0.25) is 15.0 Å². The Morgan fingerprint density at radius 3 is 2.18 bits per heavy atom. The summed E-state index contributed by atoms with van der Waals surface area (Å²) in [5.41, 5.74) is 7.69. The van der Waals surface area contributed by atoms with Crippen LogP contribution >= 0.6 is 11.3 Å². The minimum atomic E-state index is -0.998. The molecule has 7 heterocycles. The van der Waals surface area contributed by atoms with Crippen LogP contribution in [0.25, 0.3) is 54.3 Å². The number of nitrogens with zero attached hydrogens (tertiary/aromatic N) is 5. The van der Waals surface area contributed by atoms with Crippen LogP contribution < -0.4 is 0 Å². The van der Waals surface area contributed by atoms with Gasteiger partial charge in [0.2, 0.25) is 0 Å². The number of nitrogens with one attached hydrogen (secondary N) is 2. The van der Waals surface area contributed by atoms with Crippen LogP contribution in [0.1, 0.15) is 45.2 Å². The van der Waals surface area contributed by atoms with Crippen molar-refractivity contribution in [3.63, 3.8) is 0 Å². The molecule has 0 saturated carbocycles. The van der Waals surface area contributed by atoms with Crippen LogP contribution in [0.5, 0.6) is 0 Å². The number of pyridine rings is 1. The Balaban J connectivity index is 1.43. The van der Waals surface area contributed by atoms with Gasteiger partial charge in [-0.05, 0) is 83.1 Å². The maximum absolute atomic E-state index is 7.12. The highest BCUT2D eigenvalue weighted by atomic mass is 32.1. The van der Waals surface area contributed by atoms with Crippen molar-refractivity contribution < 1.29 is 4.42 Å². The van der Waals surface area contributed by atoms with Gasteiger partial charge >= 0.3 is 0 Å². The van der Waals surface area contributed by atoms with Crippen LogP contribution in [0.4, 0.5) is 0 Å². The van der Waals surface area contributed by atoms with Crippen LogP contribution in [0.15, 0.2) is 175 Å². The van der Waals surface area contributed by atoms with Crippen LogP contribution in [0.2, 0.25) is 0 Å². The van der Waals surface area contributed by atoms with Gasteiger partial charge in [0.05, 0.1) is 28.9 Å². The smallest absolute Gasteiger partial charge is 0.160 e. The summed E-state index contributed by atoms with van der Waals surface area (Å²) >= 11 is 1.78. The van der Waals surface area contributed by atoms with E-state index in [9.17, 15) is 0 Å². The lowest BCUT2D eigenvalue weighted by Gasteiger charge is -2.46. The Morgan fingerprint density at radius 1 is 0.625 bits per heavy atom. The van der Waals surface area contributed by atoms with Crippen molar-refractivity contribution in [2.24, 2.45) is 0 Å². The molecule has 0 amide bonds. The molecule has 266 valence electrons. The number of hydrogen-bond acceptors (Lipinski definition) is 7. The fraction of sp³-hybridized carbons (Fsp3) is 0.0426. The molecule has 8 nitrogen and oxygen atoms in total. The zero-order valence-electron chi connectivity index (χ0n) is 29.8. The molecule has 2 unspecified atom stereocenters. The highest BCUT2D eigenvalue weighted by molar-refractivity contribution is 7.19. The number of benzene rings is 3. The van der Waals surface area contributed by atoms with Gasteiger partial charge in [0, 0.05) is 85.8 Å². The Bertz CT molecular complexity index is 2990. The van der Waals surface area contributed by atoms with Crippen molar-refractivity contribution >= 4 is 65.6 Å². The number of furan rings is 1. The van der Waals surface area contributed by atoms with E-state index >= 15 is 0 Å². The number of aromatic nitrogens is 7. The third kappa shape index (κ3) is 4.94. The molecule has 0 fully saturated rings. The van der Waals surface area contributed by atoms with Crippen molar-refractivity contribution in [2.75, 3.05) is 0 Å². The predicted octanol–water partition coefficient (Wildman–Crippen LogP) is 10.7. The topological polar surface area (TPSA) is 109 Å². The Hall–Kier alpha value is -7.23. The maximum Gasteiger partial charge on any atom is 0.160 e. The van der Waals surface area contributed by atoms with E-state index in [-0.39, 0.29) is 0 Å². The van der Waals surface area contributed by atoms with E-state index in [1.54, 1.807) is 36.1 Å². The van der Waals surface area contributed by atoms with E-state index in [0.29, 0.717) is 11.5 Å². The summed E-state index contributed by atoms with van der Waals surface area (Å²) in [5, 5.41) is 3.24. The largest absolute Gasteiger partial charge is 0.460 e. The summed E-state index contributed by atoms with van der Waals surface area (Å²) in [6.07, 6.45) is 12.7. The molecular formula is C47H31N7OS. The minimum Gasteiger partial charge on any atom is -0.460 e. The maximum atomic E-state index is 7.12. The van der Waals surface area contributed by atoms with Crippen LogP contribution in [-0.4, -0.2) is 34.9 Å². The van der Waals surface area contributed by atoms with Gasteiger partial charge in [-0.2, -0.15) is 0 Å². The first kappa shape index (κ1) is 32.2. The second-order valence-corrected chi connectivity index (χ2v) is 14.9. The van der Waals surface area contributed by atoms with E-state index in [4.69, 9.17) is 24.4 Å². The average molecular weight is 742 g/mol. The normalized spacial score (nSPS) is 17.4. The number of fused-ring (bicyclic) bond motifs is 3. The fourth-order valence-electron chi connectivity index (χ4n) is 8.60. The van der Waals surface area contributed by atoms with E-state index in [0.717, 1.165) is 77.3 Å². The first-order chi connectivity index (χ1) is 27.8. The second kappa shape index (κ2) is 13.0. The summed E-state index contributed by atoms with van der Waals surface area (Å²) in [6.45, 7) is 0. The van der Waals surface area contributed by atoms with E-state index in [2.05, 4.69) is 112 Å². The average Bonchev–Trinajstić information content (AvgIpc) is 4.10. The van der Waals surface area contributed by atoms with Gasteiger partial charge in [-0.15, -0.1) is 11.3 Å². The quantitative estimate of drug-likeness (QED) is 0.168. The second-order valence-electron chi connectivity index (χ2n) is 13.8. The Labute approximate surface area is 325 Å². The number of H-pyrrole nitrogens is 2. The highest BCUT2D eigenvalue weighted by Crippen LogP contribution is 2.66. The van der Waals surface area contributed by atoms with Crippen molar-refractivity contribution in [2.45, 2.75) is 11.3 Å². The SMILES string of the molecule is c1ccc(C2=C(c3ncccn3)C(c3cnccn3)=C(c3cc4ccccc4[nH]3)C(c3cc4ccccc4o3)C2(c2ccc[nH]2)c2cc3ccccc3s2)nc1. The summed E-state index contributed by atoms with van der Waals surface area (Å²) in [7, 11) is 0. The summed E-state index contributed by atoms with van der Waals surface area (Å²) < 4.78 is 8.30. The minimum absolute atomic E-state index is 0.504. The number of para-hydroxylation sites is 2. The van der Waals surface area contributed by atoms with Crippen molar-refractivity contribution in [3.05, 3.63) is 210 Å². The fourth-order valence-corrected chi connectivity index (χ4v) is 9.90. The molecule has 1 aliphatic carbocycles. The van der Waals surface area contributed by atoms with Crippen LogP contribution in [0, 0.1) is 0 Å². The molecule has 9 heteroatoms. The number of rotatable bonds is 7. The molecule has 0 saturated heterocycles. The number of hydrogen-bond donors (Lipinski definition) is 2. The molecule has 3 aromatic carbocycles. The number of thiophene rings is 1. The summed E-state index contributed by atoms with van der Waals surface area (Å²) in [4.78, 5) is 33.6. The lowest BCUT2D eigenvalue weighted by Crippen LogP contribution is -2.40. The van der Waals surface area contributed by atoms with E-state index in [1.165, 1.54) is 4.70 Å². The molecule has 10 aromatic rings. The van der Waals surface area contributed by atoms with E-state index < -0.39 is 11.3 Å². The van der Waals surface area contributed by atoms with Gasteiger partial charge in [0.15, 0.2) is 5.82 Å². The first-order valence-corrected chi connectivity index (χ1v) is 19.2. The summed E-state index contributed by atoms with van der Waals surface area (Å²) in [5.74, 6) is 0.827. The lowest BCUT2D eigenvalue weighted by atomic mass is 9.56. The van der Waals surface area contributed by atoms with Crippen molar-refractivity contribution in [1.82, 2.24) is 34.9 Å². The molecule has 0 aliphatic heterocycles. The summed E-state index contributed by atoms with van der Waals surface area (Å²) in [6, 6.07) is 44.1. The molecule has 0 radical (unpaired) electrons. The molecule has 0 bridgehead atoms. The van der Waals surface area contributed by atoms with Gasteiger partial charge in [0.1, 0.15) is 11.3 Å². The Morgan fingerprint density at radius 2 is 1.41 bits per heavy atom. The standard InChI is InChI=1S/C47H31N7OS/c1-4-14-32-29(11-1)25-34(54-32)42-41(35-28-48-23-24-50-35)43(46-52-21-10-22-53-46)44(33-15-7-8-19-49-33)47(39-18-9-20-51-39,40-27-31-13-3-6-17-38(31)56-40)45(42)37-26-30-12-2-5-16-36(30)55-37/h1-28,45,51,54H. The molecule has 0 spiro atoms. The van der Waals surface area contributed by atoms with Gasteiger partial charge in [0.25, 0.3) is 0 Å². The third-order valence-corrected chi connectivity index (χ3v) is 12.1. The van der Waals surface area contributed by atoms with E-state index in [1.807, 2.05) is 48.9 Å². The zero-order chi connectivity index (χ0) is 37.1. The van der Waals surface area contributed by atoms with Gasteiger partial charge in [-0.25, -0.2) is 9.97 Å². The molecule has 11 rings (SSSR count).